The van der Waals surface area contributed by atoms with Gasteiger partial charge in [0, 0.05) is 56.7 Å². The van der Waals surface area contributed by atoms with Crippen molar-refractivity contribution in [3.05, 3.63) is 169 Å². The number of hydrogen-bond acceptors (Lipinski definition) is 4. The van der Waals surface area contributed by atoms with Crippen molar-refractivity contribution in [2.75, 3.05) is 4.90 Å². The first kappa shape index (κ1) is 27.6. The van der Waals surface area contributed by atoms with Gasteiger partial charge in [0.1, 0.15) is 22.3 Å². The van der Waals surface area contributed by atoms with Gasteiger partial charge in [0.15, 0.2) is 0 Å². The molecule has 0 saturated heterocycles. The Morgan fingerprint density at radius 1 is 0.510 bits per heavy atom. The van der Waals surface area contributed by atoms with Gasteiger partial charge in [-0.15, -0.1) is 0 Å². The summed E-state index contributed by atoms with van der Waals surface area (Å²) in [4.78, 5) is 2.33. The minimum absolute atomic E-state index is 0.806. The number of nitrogens with one attached hydrogen (secondary N) is 1. The number of benzene rings is 7. The average molecular weight is 631 g/mol. The van der Waals surface area contributed by atoms with Gasteiger partial charge in [-0.2, -0.15) is 0 Å². The van der Waals surface area contributed by atoms with Gasteiger partial charge in [0.25, 0.3) is 0 Å². The Kier molecular flexibility index (Phi) is 6.21. The third-order valence-electron chi connectivity index (χ3n) is 9.74. The van der Waals surface area contributed by atoms with Gasteiger partial charge < -0.3 is 19.1 Å². The summed E-state index contributed by atoms with van der Waals surface area (Å²) in [5.74, 6) is 0. The lowest BCUT2D eigenvalue weighted by molar-refractivity contribution is 0.666. The summed E-state index contributed by atoms with van der Waals surface area (Å²) in [5, 5.41) is 7.82. The molecule has 0 saturated carbocycles. The lowest BCUT2D eigenvalue weighted by atomic mass is 9.96. The van der Waals surface area contributed by atoms with Gasteiger partial charge in [-0.25, -0.2) is 0 Å². The van der Waals surface area contributed by atoms with E-state index in [4.69, 9.17) is 8.83 Å². The van der Waals surface area contributed by atoms with Crippen molar-refractivity contribution < 1.29 is 8.83 Å². The van der Waals surface area contributed by atoms with Crippen LogP contribution in [-0.4, -0.2) is 0 Å². The molecule has 4 nitrogen and oxygen atoms in total. The van der Waals surface area contributed by atoms with E-state index in [1.165, 1.54) is 5.56 Å². The van der Waals surface area contributed by atoms with E-state index >= 15 is 0 Å². The van der Waals surface area contributed by atoms with E-state index < -0.39 is 0 Å². The number of para-hydroxylation sites is 2. The van der Waals surface area contributed by atoms with Crippen LogP contribution in [0.2, 0.25) is 0 Å². The molecule has 2 aromatic heterocycles. The normalized spacial score (nSPS) is 12.5. The smallest absolute Gasteiger partial charge is 0.143 e. The number of furan rings is 2. The summed E-state index contributed by atoms with van der Waals surface area (Å²) in [5.41, 5.74) is 13.8. The van der Waals surface area contributed by atoms with Crippen LogP contribution in [0.4, 0.5) is 17.1 Å². The molecular weight excluding hydrogens is 601 g/mol. The second-order valence-corrected chi connectivity index (χ2v) is 12.6. The molecule has 0 aliphatic carbocycles. The molecule has 1 aliphatic heterocycles. The highest BCUT2D eigenvalue weighted by Crippen LogP contribution is 2.44. The fourth-order valence-electron chi connectivity index (χ4n) is 7.44. The molecule has 232 valence electrons. The number of hydrogen-bond donors (Lipinski definition) is 1. The maximum absolute atomic E-state index is 6.51. The van der Waals surface area contributed by atoms with Crippen molar-refractivity contribution in [1.82, 2.24) is 5.32 Å². The molecular formula is C45H30N2O2. The van der Waals surface area contributed by atoms with Crippen LogP contribution >= 0.6 is 0 Å². The zero-order valence-corrected chi connectivity index (χ0v) is 26.6. The highest BCUT2D eigenvalue weighted by atomic mass is 16.3. The van der Waals surface area contributed by atoms with Crippen molar-refractivity contribution in [2.24, 2.45) is 0 Å². The van der Waals surface area contributed by atoms with Crippen molar-refractivity contribution in [2.45, 2.75) is 6.54 Å². The Hall–Kier alpha value is -6.52. The number of rotatable bonds is 5. The topological polar surface area (TPSA) is 41.6 Å². The van der Waals surface area contributed by atoms with Crippen LogP contribution in [0.15, 0.2) is 167 Å². The quantitative estimate of drug-likeness (QED) is 0.205. The third kappa shape index (κ3) is 4.45. The molecule has 0 spiro atoms. The largest absolute Gasteiger partial charge is 0.456 e. The molecule has 4 heteroatoms. The standard InChI is InChI=1S/C45H30N2O2/c1-2-9-29(10-3-1)34-11-4-6-14-40(34)47(33-22-24-38-37-12-5-7-15-41(37)48-43(38)27-33)32-20-17-30(18-21-32)35-13-8-16-42-44(35)39-23-19-31-28-46-26-25-36(31)45(39)49-42/h1-27,46H,28H2. The maximum atomic E-state index is 6.51. The van der Waals surface area contributed by atoms with E-state index in [1.807, 2.05) is 18.3 Å². The van der Waals surface area contributed by atoms with Crippen molar-refractivity contribution >= 4 is 67.0 Å². The Morgan fingerprint density at radius 3 is 2.14 bits per heavy atom. The van der Waals surface area contributed by atoms with Gasteiger partial charge >= 0.3 is 0 Å². The van der Waals surface area contributed by atoms with Crippen molar-refractivity contribution in [1.29, 1.82) is 0 Å². The van der Waals surface area contributed by atoms with E-state index in [1.54, 1.807) is 0 Å². The highest BCUT2D eigenvalue weighted by molar-refractivity contribution is 6.14. The van der Waals surface area contributed by atoms with Crippen molar-refractivity contribution in [3.63, 3.8) is 0 Å². The molecule has 0 radical (unpaired) electrons. The third-order valence-corrected chi connectivity index (χ3v) is 9.74. The molecule has 0 amide bonds. The van der Waals surface area contributed by atoms with Gasteiger partial charge in [-0.05, 0) is 77.0 Å². The lowest BCUT2D eigenvalue weighted by Gasteiger charge is -2.28. The molecule has 1 N–H and O–H groups in total. The van der Waals surface area contributed by atoms with E-state index in [9.17, 15) is 0 Å². The number of nitrogens with zero attached hydrogens (tertiary/aromatic N) is 1. The Labute approximate surface area is 283 Å². The lowest BCUT2D eigenvalue weighted by Crippen LogP contribution is -2.11. The molecule has 0 fully saturated rings. The summed E-state index contributed by atoms with van der Waals surface area (Å²) in [6.45, 7) is 0.806. The highest BCUT2D eigenvalue weighted by Gasteiger charge is 2.21. The first-order valence-corrected chi connectivity index (χ1v) is 16.6. The molecule has 10 rings (SSSR count). The second kappa shape index (κ2) is 11.0. The van der Waals surface area contributed by atoms with E-state index in [-0.39, 0.29) is 0 Å². The fourth-order valence-corrected chi connectivity index (χ4v) is 7.44. The molecule has 0 bridgehead atoms. The first-order chi connectivity index (χ1) is 24.3. The van der Waals surface area contributed by atoms with Gasteiger partial charge in [0.2, 0.25) is 0 Å². The Morgan fingerprint density at radius 2 is 1.22 bits per heavy atom. The molecule has 0 unspecified atom stereocenters. The summed E-state index contributed by atoms with van der Waals surface area (Å²) in [6, 6.07) is 53.6. The van der Waals surface area contributed by atoms with E-state index in [0.29, 0.717) is 0 Å². The predicted molar refractivity (Wildman–Crippen MR) is 202 cm³/mol. The average Bonchev–Trinajstić information content (AvgIpc) is 3.74. The number of fused-ring (bicyclic) bond motifs is 8. The Balaban J connectivity index is 1.14. The zero-order chi connectivity index (χ0) is 32.3. The summed E-state index contributed by atoms with van der Waals surface area (Å²) >= 11 is 0. The van der Waals surface area contributed by atoms with Crippen LogP contribution in [-0.2, 0) is 6.54 Å². The monoisotopic (exact) mass is 630 g/mol. The van der Waals surface area contributed by atoms with E-state index in [2.05, 4.69) is 156 Å². The van der Waals surface area contributed by atoms with Gasteiger partial charge in [0.05, 0.1) is 5.69 Å². The maximum Gasteiger partial charge on any atom is 0.143 e. The van der Waals surface area contributed by atoms with Crippen LogP contribution in [0.5, 0.6) is 0 Å². The van der Waals surface area contributed by atoms with E-state index in [0.717, 1.165) is 95.3 Å². The predicted octanol–water partition coefficient (Wildman–Crippen LogP) is 12.4. The van der Waals surface area contributed by atoms with Crippen LogP contribution in [0.3, 0.4) is 0 Å². The first-order valence-electron chi connectivity index (χ1n) is 16.6. The molecule has 3 heterocycles. The molecule has 1 aliphatic rings. The SMILES string of the molecule is C1=Cc2c(ccc3c2oc2cccc(-c4ccc(N(c5ccc6c(c5)oc5ccccc56)c5ccccc5-c5ccccc5)cc4)c23)CN1. The Bertz CT molecular complexity index is 2720. The van der Waals surface area contributed by atoms with Crippen LogP contribution in [0.1, 0.15) is 11.1 Å². The van der Waals surface area contributed by atoms with Crippen LogP contribution in [0, 0.1) is 0 Å². The second-order valence-electron chi connectivity index (χ2n) is 12.6. The molecule has 49 heavy (non-hydrogen) atoms. The summed E-state index contributed by atoms with van der Waals surface area (Å²) in [6.07, 6.45) is 4.12. The van der Waals surface area contributed by atoms with Crippen LogP contribution < -0.4 is 10.2 Å². The van der Waals surface area contributed by atoms with Gasteiger partial charge in [-0.3, -0.25) is 0 Å². The van der Waals surface area contributed by atoms with Crippen LogP contribution in [0.25, 0.3) is 72.2 Å². The number of anilines is 3. The molecule has 7 aromatic carbocycles. The zero-order valence-electron chi connectivity index (χ0n) is 26.6. The minimum atomic E-state index is 0.806. The minimum Gasteiger partial charge on any atom is -0.456 e. The summed E-state index contributed by atoms with van der Waals surface area (Å²) < 4.78 is 12.9. The molecule has 9 aromatic rings. The molecule has 0 atom stereocenters. The summed E-state index contributed by atoms with van der Waals surface area (Å²) in [7, 11) is 0. The fraction of sp³-hybridized carbons (Fsp3) is 0.0222. The van der Waals surface area contributed by atoms with Gasteiger partial charge in [-0.1, -0.05) is 103 Å². The van der Waals surface area contributed by atoms with Crippen molar-refractivity contribution in [3.8, 4) is 22.3 Å².